The first-order chi connectivity index (χ1) is 11.5. The number of amides is 1. The van der Waals surface area contributed by atoms with Gasteiger partial charge in [-0.15, -0.1) is 0 Å². The molecule has 0 saturated carbocycles. The first-order valence-electron chi connectivity index (χ1n) is 8.19. The Labute approximate surface area is 148 Å². The summed E-state index contributed by atoms with van der Waals surface area (Å²) in [7, 11) is 1.71. The highest BCUT2D eigenvalue weighted by Gasteiger charge is 2.23. The largest absolute Gasteiger partial charge is 0.338 e. The van der Waals surface area contributed by atoms with Gasteiger partial charge in [0.25, 0.3) is 0 Å². The predicted octanol–water partition coefficient (Wildman–Crippen LogP) is 3.94. The second-order valence-corrected chi connectivity index (χ2v) is 6.22. The Bertz CT molecular complexity index is 682. The molecule has 1 atom stereocenters. The van der Waals surface area contributed by atoms with Gasteiger partial charge in [0.05, 0.1) is 5.02 Å². The van der Waals surface area contributed by atoms with Gasteiger partial charge in [-0.1, -0.05) is 55.7 Å². The van der Waals surface area contributed by atoms with Gasteiger partial charge in [0.15, 0.2) is 0 Å². The van der Waals surface area contributed by atoms with Gasteiger partial charge < -0.3 is 9.42 Å². The van der Waals surface area contributed by atoms with Gasteiger partial charge in [0, 0.05) is 31.1 Å². The number of rotatable bonds is 7. The minimum Gasteiger partial charge on any atom is -0.338 e. The molecule has 24 heavy (non-hydrogen) atoms. The summed E-state index contributed by atoms with van der Waals surface area (Å²) >= 11 is 6.18. The van der Waals surface area contributed by atoms with Gasteiger partial charge in [0.1, 0.15) is 5.69 Å². The highest BCUT2D eigenvalue weighted by atomic mass is 35.5. The topological polar surface area (TPSA) is 49.6 Å². The minimum absolute atomic E-state index is 0.00348. The van der Waals surface area contributed by atoms with Crippen molar-refractivity contribution in [3.05, 3.63) is 35.4 Å². The molecule has 2 rings (SSSR count). The summed E-state index contributed by atoms with van der Waals surface area (Å²) in [6, 6.07) is 9.15. The summed E-state index contributed by atoms with van der Waals surface area (Å²) < 4.78 is 5.35. The number of nitrogens with zero attached hydrogens (tertiary/aromatic N) is 3. The van der Waals surface area contributed by atoms with Gasteiger partial charge in [-0.3, -0.25) is 9.69 Å². The molecule has 2 aromatic rings. The monoisotopic (exact) mass is 349 g/mol. The maximum absolute atomic E-state index is 12.6. The Morgan fingerprint density at radius 2 is 1.96 bits per heavy atom. The lowest BCUT2D eigenvalue weighted by molar-refractivity contribution is -0.122. The molecular weight excluding hydrogens is 326 g/mol. The van der Waals surface area contributed by atoms with Crippen molar-refractivity contribution in [2.24, 2.45) is 5.92 Å². The molecule has 130 valence electrons. The SMILES string of the molecule is CCN(CC)CC(C)C(=O)N(C)c1cc(-c2ccccc2Cl)no1. The lowest BCUT2D eigenvalue weighted by Gasteiger charge is -2.24. The molecule has 0 saturated heterocycles. The quantitative estimate of drug-likeness (QED) is 0.759. The van der Waals surface area contributed by atoms with Crippen LogP contribution in [0.15, 0.2) is 34.9 Å². The first kappa shape index (κ1) is 18.5. The fourth-order valence-electron chi connectivity index (χ4n) is 2.61. The number of hydrogen-bond acceptors (Lipinski definition) is 4. The zero-order chi connectivity index (χ0) is 17.7. The van der Waals surface area contributed by atoms with E-state index in [0.29, 0.717) is 16.6 Å². The summed E-state index contributed by atoms with van der Waals surface area (Å²) in [4.78, 5) is 16.4. The molecule has 0 fully saturated rings. The molecule has 0 aliphatic rings. The van der Waals surface area contributed by atoms with Crippen molar-refractivity contribution < 1.29 is 9.32 Å². The summed E-state index contributed by atoms with van der Waals surface area (Å²) in [6.45, 7) is 8.70. The molecule has 5 nitrogen and oxygen atoms in total. The first-order valence-corrected chi connectivity index (χ1v) is 8.57. The van der Waals surface area contributed by atoms with Crippen LogP contribution in [0.25, 0.3) is 11.3 Å². The van der Waals surface area contributed by atoms with Crippen molar-refractivity contribution in [3.63, 3.8) is 0 Å². The number of carbonyl (C=O) groups is 1. The standard InChI is InChI=1S/C18H24ClN3O2/c1-5-22(6-2)12-13(3)18(23)21(4)17-11-16(20-24-17)14-9-7-8-10-15(14)19/h7-11,13H,5-6,12H2,1-4H3. The van der Waals surface area contributed by atoms with E-state index in [1.807, 2.05) is 25.1 Å². The van der Waals surface area contributed by atoms with E-state index in [0.717, 1.165) is 25.2 Å². The van der Waals surface area contributed by atoms with Crippen LogP contribution < -0.4 is 4.90 Å². The lowest BCUT2D eigenvalue weighted by Crippen LogP contribution is -2.38. The van der Waals surface area contributed by atoms with Crippen molar-refractivity contribution in [2.75, 3.05) is 31.6 Å². The minimum atomic E-state index is -0.122. The lowest BCUT2D eigenvalue weighted by atomic mass is 10.1. The predicted molar refractivity (Wildman–Crippen MR) is 97.3 cm³/mol. The van der Waals surface area contributed by atoms with Crippen LogP contribution in [0.4, 0.5) is 5.88 Å². The smallest absolute Gasteiger partial charge is 0.234 e. The van der Waals surface area contributed by atoms with Crippen molar-refractivity contribution in [1.82, 2.24) is 10.1 Å². The van der Waals surface area contributed by atoms with Crippen molar-refractivity contribution in [1.29, 1.82) is 0 Å². The molecular formula is C18H24ClN3O2. The van der Waals surface area contributed by atoms with E-state index >= 15 is 0 Å². The van der Waals surface area contributed by atoms with Gasteiger partial charge >= 0.3 is 0 Å². The Morgan fingerprint density at radius 3 is 2.58 bits per heavy atom. The number of benzene rings is 1. The van der Waals surface area contributed by atoms with E-state index in [9.17, 15) is 4.79 Å². The second-order valence-electron chi connectivity index (χ2n) is 5.81. The number of anilines is 1. The molecule has 0 N–H and O–H groups in total. The molecule has 0 radical (unpaired) electrons. The third kappa shape index (κ3) is 4.16. The van der Waals surface area contributed by atoms with E-state index in [4.69, 9.17) is 16.1 Å². The average molecular weight is 350 g/mol. The number of carbonyl (C=O) groups excluding carboxylic acids is 1. The fourth-order valence-corrected chi connectivity index (χ4v) is 2.84. The van der Waals surface area contributed by atoms with Crippen LogP contribution in [0.1, 0.15) is 20.8 Å². The average Bonchev–Trinajstić information content (AvgIpc) is 3.08. The maximum Gasteiger partial charge on any atom is 0.234 e. The molecule has 1 aromatic heterocycles. The van der Waals surface area contributed by atoms with Crippen molar-refractivity contribution in [2.45, 2.75) is 20.8 Å². The molecule has 0 aliphatic heterocycles. The summed E-state index contributed by atoms with van der Waals surface area (Å²) in [5, 5.41) is 4.64. The Balaban J connectivity index is 2.11. The van der Waals surface area contributed by atoms with Crippen LogP contribution >= 0.6 is 11.6 Å². The van der Waals surface area contributed by atoms with Crippen molar-refractivity contribution >= 4 is 23.4 Å². The molecule has 1 aromatic carbocycles. The zero-order valence-corrected chi connectivity index (χ0v) is 15.4. The van der Waals surface area contributed by atoms with E-state index in [-0.39, 0.29) is 11.8 Å². The van der Waals surface area contributed by atoms with Gasteiger partial charge in [-0.2, -0.15) is 0 Å². The van der Waals surface area contributed by atoms with E-state index in [1.54, 1.807) is 19.2 Å². The van der Waals surface area contributed by atoms with Crippen LogP contribution in [0, 0.1) is 5.92 Å². The van der Waals surface area contributed by atoms with E-state index in [1.165, 1.54) is 4.90 Å². The van der Waals surface area contributed by atoms with E-state index < -0.39 is 0 Å². The number of halogens is 1. The summed E-state index contributed by atoms with van der Waals surface area (Å²) in [5.41, 5.74) is 1.40. The molecule has 0 spiro atoms. The van der Waals surface area contributed by atoms with Crippen LogP contribution in [-0.2, 0) is 4.79 Å². The normalized spacial score (nSPS) is 12.4. The molecule has 0 aliphatic carbocycles. The zero-order valence-electron chi connectivity index (χ0n) is 14.6. The summed E-state index contributed by atoms with van der Waals surface area (Å²) in [5.74, 6) is 0.300. The van der Waals surface area contributed by atoms with Crippen LogP contribution in [0.2, 0.25) is 5.02 Å². The molecule has 1 amide bonds. The third-order valence-electron chi connectivity index (χ3n) is 4.16. The molecule has 0 bridgehead atoms. The van der Waals surface area contributed by atoms with Crippen molar-refractivity contribution in [3.8, 4) is 11.3 Å². The second kappa shape index (κ2) is 8.31. The number of hydrogen-bond donors (Lipinski definition) is 0. The Kier molecular flexibility index (Phi) is 6.40. The van der Waals surface area contributed by atoms with Crippen LogP contribution in [0.3, 0.4) is 0 Å². The third-order valence-corrected chi connectivity index (χ3v) is 4.49. The van der Waals surface area contributed by atoms with Gasteiger partial charge in [0.2, 0.25) is 11.8 Å². The van der Waals surface area contributed by atoms with Gasteiger partial charge in [-0.05, 0) is 19.2 Å². The Hall–Kier alpha value is -1.85. The number of aromatic nitrogens is 1. The highest BCUT2D eigenvalue weighted by molar-refractivity contribution is 6.33. The van der Waals surface area contributed by atoms with E-state index in [2.05, 4.69) is 23.9 Å². The highest BCUT2D eigenvalue weighted by Crippen LogP contribution is 2.29. The Morgan fingerprint density at radius 1 is 1.29 bits per heavy atom. The van der Waals surface area contributed by atoms with Gasteiger partial charge in [-0.25, -0.2) is 0 Å². The maximum atomic E-state index is 12.6. The fraction of sp³-hybridized carbons (Fsp3) is 0.444. The van der Waals surface area contributed by atoms with Crippen LogP contribution in [0.5, 0.6) is 0 Å². The summed E-state index contributed by atoms with van der Waals surface area (Å²) in [6.07, 6.45) is 0. The molecule has 6 heteroatoms. The molecule has 1 unspecified atom stereocenters. The van der Waals surface area contributed by atoms with Crippen LogP contribution in [-0.4, -0.2) is 42.6 Å². The molecule has 1 heterocycles.